The smallest absolute Gasteiger partial charge is 0.269 e. The predicted octanol–water partition coefficient (Wildman–Crippen LogP) is 0.943. The molecular weight excluding hydrogens is 190 g/mol. The molecule has 4 heteroatoms. The average molecular weight is 206 g/mol. The highest BCUT2D eigenvalue weighted by Gasteiger charge is 2.15. The van der Waals surface area contributed by atoms with Crippen molar-refractivity contribution in [1.29, 1.82) is 0 Å². The van der Waals surface area contributed by atoms with E-state index in [1.165, 1.54) is 0 Å². The maximum atomic E-state index is 5.68. The number of hydrogen-bond donors (Lipinski definition) is 2. The number of ether oxygens (including phenoxy) is 1. The number of methoxy groups -OCH3 is 1. The fourth-order valence-electron chi connectivity index (χ4n) is 1.86. The molecule has 0 saturated heterocycles. The molecule has 2 rings (SSSR count). The number of nitrogens with two attached hydrogens (primary N) is 1. The number of aromatic nitrogens is 2. The minimum absolute atomic E-state index is 0.519. The molecule has 0 aliphatic heterocycles. The third kappa shape index (κ3) is 1.57. The lowest BCUT2D eigenvalue weighted by Crippen LogP contribution is -2.36. The van der Waals surface area contributed by atoms with E-state index in [9.17, 15) is 0 Å². The molecule has 80 valence electrons. The van der Waals surface area contributed by atoms with Gasteiger partial charge in [0.25, 0.3) is 5.82 Å². The van der Waals surface area contributed by atoms with Gasteiger partial charge in [0.2, 0.25) is 0 Å². The summed E-state index contributed by atoms with van der Waals surface area (Å²) >= 11 is 0. The van der Waals surface area contributed by atoms with Crippen molar-refractivity contribution in [1.82, 2.24) is 4.98 Å². The second-order valence-electron chi connectivity index (χ2n) is 3.40. The molecule has 3 N–H and O–H groups in total. The van der Waals surface area contributed by atoms with Crippen molar-refractivity contribution in [2.45, 2.75) is 20.0 Å². The van der Waals surface area contributed by atoms with Crippen LogP contribution in [0.15, 0.2) is 18.2 Å². The maximum absolute atomic E-state index is 5.68. The summed E-state index contributed by atoms with van der Waals surface area (Å²) in [5, 5.41) is 0. The van der Waals surface area contributed by atoms with Crippen molar-refractivity contribution in [3.05, 3.63) is 24.0 Å². The maximum Gasteiger partial charge on any atom is 0.269 e. The first-order valence-electron chi connectivity index (χ1n) is 5.08. The summed E-state index contributed by atoms with van der Waals surface area (Å²) in [6.07, 6.45) is 0. The first kappa shape index (κ1) is 9.98. The highest BCUT2D eigenvalue weighted by molar-refractivity contribution is 5.73. The van der Waals surface area contributed by atoms with Gasteiger partial charge in [-0.1, -0.05) is 0 Å². The number of nitrogens with one attached hydrogen (secondary N) is 1. The van der Waals surface area contributed by atoms with Crippen LogP contribution in [0.5, 0.6) is 5.75 Å². The summed E-state index contributed by atoms with van der Waals surface area (Å²) in [7, 11) is 1.67. The van der Waals surface area contributed by atoms with Crippen LogP contribution in [0.4, 0.5) is 0 Å². The summed E-state index contributed by atoms with van der Waals surface area (Å²) in [5.41, 5.74) is 7.91. The van der Waals surface area contributed by atoms with Crippen molar-refractivity contribution in [3.63, 3.8) is 0 Å². The zero-order chi connectivity index (χ0) is 10.8. The van der Waals surface area contributed by atoms with Gasteiger partial charge in [0.1, 0.15) is 5.75 Å². The lowest BCUT2D eigenvalue weighted by Gasteiger charge is -1.98. The highest BCUT2D eigenvalue weighted by Crippen LogP contribution is 2.17. The fourth-order valence-corrected chi connectivity index (χ4v) is 1.86. The van der Waals surface area contributed by atoms with Crippen LogP contribution in [0.1, 0.15) is 12.7 Å². The van der Waals surface area contributed by atoms with Gasteiger partial charge in [0.15, 0.2) is 11.0 Å². The Hall–Kier alpha value is -1.55. The number of aryl methyl sites for hydroxylation is 1. The third-order valence-corrected chi connectivity index (χ3v) is 2.61. The van der Waals surface area contributed by atoms with Crippen molar-refractivity contribution >= 4 is 11.0 Å². The largest absolute Gasteiger partial charge is 0.497 e. The Morgan fingerprint density at radius 3 is 2.87 bits per heavy atom. The minimum Gasteiger partial charge on any atom is -0.497 e. The van der Waals surface area contributed by atoms with E-state index in [-0.39, 0.29) is 0 Å². The molecule has 0 fully saturated rings. The van der Waals surface area contributed by atoms with Gasteiger partial charge in [-0.05, 0) is 19.1 Å². The number of rotatable bonds is 3. The zero-order valence-corrected chi connectivity index (χ0v) is 9.08. The van der Waals surface area contributed by atoms with E-state index in [4.69, 9.17) is 10.5 Å². The Labute approximate surface area is 88.7 Å². The van der Waals surface area contributed by atoms with Crippen molar-refractivity contribution in [2.75, 3.05) is 7.11 Å². The predicted molar refractivity (Wildman–Crippen MR) is 58.6 cm³/mol. The molecule has 0 bridgehead atoms. The molecule has 0 aliphatic rings. The van der Waals surface area contributed by atoms with Crippen LogP contribution in [0.25, 0.3) is 11.0 Å². The first-order chi connectivity index (χ1) is 7.30. The third-order valence-electron chi connectivity index (χ3n) is 2.61. The SMILES string of the molecule is CC[n+]1c(CN)[nH]c2ccc(OC)cc21. The Bertz CT molecular complexity index is 476. The van der Waals surface area contributed by atoms with Gasteiger partial charge in [-0.25, -0.2) is 9.55 Å². The topological polar surface area (TPSA) is 54.9 Å². The lowest BCUT2D eigenvalue weighted by atomic mass is 10.3. The quantitative estimate of drug-likeness (QED) is 0.734. The number of nitrogens with zero attached hydrogens (tertiary/aromatic N) is 1. The van der Waals surface area contributed by atoms with E-state index in [0.29, 0.717) is 6.54 Å². The van der Waals surface area contributed by atoms with Crippen LogP contribution in [-0.4, -0.2) is 12.1 Å². The number of benzene rings is 1. The Morgan fingerprint density at radius 2 is 2.27 bits per heavy atom. The summed E-state index contributed by atoms with van der Waals surface area (Å²) in [6, 6.07) is 5.98. The summed E-state index contributed by atoms with van der Waals surface area (Å²) < 4.78 is 7.37. The molecule has 0 unspecified atom stereocenters. The van der Waals surface area contributed by atoms with Crippen LogP contribution in [0, 0.1) is 0 Å². The molecule has 4 nitrogen and oxygen atoms in total. The summed E-state index contributed by atoms with van der Waals surface area (Å²) in [4.78, 5) is 3.30. The number of fused-ring (bicyclic) bond motifs is 1. The van der Waals surface area contributed by atoms with Crippen molar-refractivity contribution in [3.8, 4) is 5.75 Å². The van der Waals surface area contributed by atoms with Crippen LogP contribution in [-0.2, 0) is 13.1 Å². The van der Waals surface area contributed by atoms with Gasteiger partial charge in [0.05, 0.1) is 20.2 Å². The Balaban J connectivity index is 2.67. The Morgan fingerprint density at radius 1 is 1.47 bits per heavy atom. The molecule has 0 atom stereocenters. The van der Waals surface area contributed by atoms with Gasteiger partial charge >= 0.3 is 0 Å². The molecule has 0 aliphatic carbocycles. The van der Waals surface area contributed by atoms with E-state index in [1.54, 1.807) is 7.11 Å². The lowest BCUT2D eigenvalue weighted by molar-refractivity contribution is -0.675. The normalized spacial score (nSPS) is 10.9. The fraction of sp³-hybridized carbons (Fsp3) is 0.364. The standard InChI is InChI=1S/C11H15N3O/c1-3-14-10-6-8(15-2)4-5-9(10)13-11(14)7-12/h4-6H,3,7,12H2,1-2H3/p+1. The van der Waals surface area contributed by atoms with Crippen LogP contribution >= 0.6 is 0 Å². The highest BCUT2D eigenvalue weighted by atomic mass is 16.5. The van der Waals surface area contributed by atoms with Crippen LogP contribution in [0.2, 0.25) is 0 Å². The second-order valence-corrected chi connectivity index (χ2v) is 3.40. The molecule has 2 aromatic rings. The van der Waals surface area contributed by atoms with Gasteiger partial charge in [0, 0.05) is 6.07 Å². The molecule has 0 radical (unpaired) electrons. The molecule has 15 heavy (non-hydrogen) atoms. The molecule has 0 saturated carbocycles. The average Bonchev–Trinajstić information content (AvgIpc) is 2.65. The van der Waals surface area contributed by atoms with Gasteiger partial charge < -0.3 is 10.5 Å². The summed E-state index contributed by atoms with van der Waals surface area (Å²) in [5.74, 6) is 1.91. The zero-order valence-electron chi connectivity index (χ0n) is 9.08. The molecule has 0 amide bonds. The van der Waals surface area contributed by atoms with E-state index < -0.39 is 0 Å². The molecule has 1 heterocycles. The van der Waals surface area contributed by atoms with E-state index in [2.05, 4.69) is 16.5 Å². The van der Waals surface area contributed by atoms with Crippen LogP contribution < -0.4 is 15.0 Å². The number of aromatic amines is 1. The van der Waals surface area contributed by atoms with Crippen molar-refractivity contribution in [2.24, 2.45) is 5.73 Å². The van der Waals surface area contributed by atoms with Gasteiger partial charge in [-0.2, -0.15) is 0 Å². The van der Waals surface area contributed by atoms with E-state index >= 15 is 0 Å². The Kier molecular flexibility index (Phi) is 2.60. The van der Waals surface area contributed by atoms with Crippen molar-refractivity contribution < 1.29 is 9.30 Å². The second kappa shape index (κ2) is 3.90. The molecule has 1 aromatic carbocycles. The van der Waals surface area contributed by atoms with E-state index in [1.807, 2.05) is 18.2 Å². The van der Waals surface area contributed by atoms with Gasteiger partial charge in [-0.15, -0.1) is 0 Å². The monoisotopic (exact) mass is 206 g/mol. The van der Waals surface area contributed by atoms with Crippen LogP contribution in [0.3, 0.4) is 0 Å². The van der Waals surface area contributed by atoms with Gasteiger partial charge in [-0.3, -0.25) is 0 Å². The summed E-state index contributed by atoms with van der Waals surface area (Å²) in [6.45, 7) is 3.52. The first-order valence-corrected chi connectivity index (χ1v) is 5.08. The number of H-pyrrole nitrogens is 1. The number of imidazole rings is 1. The van der Waals surface area contributed by atoms with E-state index in [0.717, 1.165) is 29.2 Å². The molecular formula is C11H16N3O+. The molecule has 1 aromatic heterocycles. The number of hydrogen-bond acceptors (Lipinski definition) is 2. The molecule has 0 spiro atoms. The minimum atomic E-state index is 0.519.